The SMILES string of the molecule is Cc1nc(NC(=O)CN2CCC[C@@H](c3ncc[nH]3)C2)sc1C(=O)O. The quantitative estimate of drug-likeness (QED) is 0.757. The lowest BCUT2D eigenvalue weighted by Crippen LogP contribution is -2.40. The van der Waals surface area contributed by atoms with Gasteiger partial charge in [0.05, 0.1) is 12.2 Å². The molecule has 8 nitrogen and oxygen atoms in total. The standard InChI is InChI=1S/C15H19N5O3S/c1-9-12(14(22)23)24-15(18-9)19-11(21)8-20-6-2-3-10(7-20)13-16-4-5-17-13/h4-5,10H,2-3,6-8H2,1H3,(H,16,17)(H,22,23)(H,18,19,21)/t10-/m1/s1. The Bertz CT molecular complexity index is 728. The number of thiazole rings is 1. The number of aromatic amines is 1. The molecule has 1 fully saturated rings. The molecular formula is C15H19N5O3S. The van der Waals surface area contributed by atoms with Gasteiger partial charge in [0, 0.05) is 24.9 Å². The number of carboxylic acid groups (broad SMARTS) is 1. The smallest absolute Gasteiger partial charge is 0.347 e. The number of hydrogen-bond donors (Lipinski definition) is 3. The highest BCUT2D eigenvalue weighted by atomic mass is 32.1. The number of carbonyl (C=O) groups excluding carboxylic acids is 1. The van der Waals surface area contributed by atoms with Gasteiger partial charge >= 0.3 is 5.97 Å². The number of imidazole rings is 1. The molecule has 3 rings (SSSR count). The van der Waals surface area contributed by atoms with Crippen LogP contribution in [0.3, 0.4) is 0 Å². The second-order valence-electron chi connectivity index (χ2n) is 5.84. The summed E-state index contributed by atoms with van der Waals surface area (Å²) in [6.45, 7) is 3.52. The summed E-state index contributed by atoms with van der Waals surface area (Å²) in [6.07, 6.45) is 5.62. The van der Waals surface area contributed by atoms with Crippen molar-refractivity contribution in [2.24, 2.45) is 0 Å². The first-order valence-electron chi connectivity index (χ1n) is 7.75. The number of aryl methyl sites for hydroxylation is 1. The molecule has 1 saturated heterocycles. The van der Waals surface area contributed by atoms with Gasteiger partial charge in [0.1, 0.15) is 10.7 Å². The topological polar surface area (TPSA) is 111 Å². The van der Waals surface area contributed by atoms with Gasteiger partial charge in [0.25, 0.3) is 0 Å². The zero-order chi connectivity index (χ0) is 17.1. The number of carboxylic acids is 1. The Labute approximate surface area is 142 Å². The van der Waals surface area contributed by atoms with E-state index in [4.69, 9.17) is 5.11 Å². The molecule has 0 bridgehead atoms. The zero-order valence-corrected chi connectivity index (χ0v) is 14.1. The summed E-state index contributed by atoms with van der Waals surface area (Å²) in [6, 6.07) is 0. The number of nitrogens with one attached hydrogen (secondary N) is 2. The van der Waals surface area contributed by atoms with Gasteiger partial charge in [0.15, 0.2) is 5.13 Å². The zero-order valence-electron chi connectivity index (χ0n) is 13.3. The second kappa shape index (κ2) is 7.10. The Hall–Kier alpha value is -2.26. The highest BCUT2D eigenvalue weighted by molar-refractivity contribution is 7.17. The van der Waals surface area contributed by atoms with Crippen molar-refractivity contribution in [3.05, 3.63) is 28.8 Å². The van der Waals surface area contributed by atoms with E-state index in [1.807, 2.05) is 6.20 Å². The van der Waals surface area contributed by atoms with Crippen LogP contribution in [0.4, 0.5) is 5.13 Å². The van der Waals surface area contributed by atoms with Crippen molar-refractivity contribution < 1.29 is 14.7 Å². The maximum Gasteiger partial charge on any atom is 0.347 e. The molecule has 1 amide bonds. The normalized spacial score (nSPS) is 18.5. The van der Waals surface area contributed by atoms with E-state index in [9.17, 15) is 9.59 Å². The van der Waals surface area contributed by atoms with Crippen LogP contribution >= 0.6 is 11.3 Å². The molecule has 0 spiro atoms. The number of aromatic carboxylic acids is 1. The van der Waals surface area contributed by atoms with E-state index in [0.29, 0.717) is 16.7 Å². The Balaban J connectivity index is 1.56. The summed E-state index contributed by atoms with van der Waals surface area (Å²) < 4.78 is 0. The summed E-state index contributed by atoms with van der Waals surface area (Å²) >= 11 is 0.980. The number of amides is 1. The molecule has 2 aromatic rings. The lowest BCUT2D eigenvalue weighted by Gasteiger charge is -2.31. The number of likely N-dealkylation sites (tertiary alicyclic amines) is 1. The van der Waals surface area contributed by atoms with E-state index < -0.39 is 5.97 Å². The first kappa shape index (κ1) is 16.6. The van der Waals surface area contributed by atoms with Crippen LogP contribution in [-0.4, -0.2) is 56.5 Å². The van der Waals surface area contributed by atoms with Crippen LogP contribution in [0.5, 0.6) is 0 Å². The van der Waals surface area contributed by atoms with E-state index in [1.165, 1.54) is 0 Å². The minimum Gasteiger partial charge on any atom is -0.477 e. The largest absolute Gasteiger partial charge is 0.477 e. The first-order chi connectivity index (χ1) is 11.5. The number of nitrogens with zero attached hydrogens (tertiary/aromatic N) is 3. The average Bonchev–Trinajstić information content (AvgIpc) is 3.17. The number of H-pyrrole nitrogens is 1. The predicted molar refractivity (Wildman–Crippen MR) is 89.4 cm³/mol. The lowest BCUT2D eigenvalue weighted by molar-refractivity contribution is -0.117. The summed E-state index contributed by atoms with van der Waals surface area (Å²) in [5, 5.41) is 12.1. The van der Waals surface area contributed by atoms with Crippen LogP contribution in [-0.2, 0) is 4.79 Å². The van der Waals surface area contributed by atoms with Gasteiger partial charge in [-0.1, -0.05) is 11.3 Å². The van der Waals surface area contributed by atoms with Gasteiger partial charge in [-0.2, -0.15) is 0 Å². The monoisotopic (exact) mass is 349 g/mol. The molecule has 1 aliphatic heterocycles. The van der Waals surface area contributed by atoms with Crippen molar-refractivity contribution in [1.82, 2.24) is 19.9 Å². The van der Waals surface area contributed by atoms with E-state index in [-0.39, 0.29) is 17.3 Å². The highest BCUT2D eigenvalue weighted by Crippen LogP contribution is 2.25. The molecule has 0 saturated carbocycles. The molecular weight excluding hydrogens is 330 g/mol. The molecule has 3 heterocycles. The molecule has 24 heavy (non-hydrogen) atoms. The van der Waals surface area contributed by atoms with Crippen LogP contribution in [0.2, 0.25) is 0 Å². The third-order valence-corrected chi connectivity index (χ3v) is 5.08. The van der Waals surface area contributed by atoms with Gasteiger partial charge < -0.3 is 15.4 Å². The molecule has 1 atom stereocenters. The lowest BCUT2D eigenvalue weighted by atomic mass is 9.97. The number of carbonyl (C=O) groups is 2. The molecule has 1 aliphatic rings. The molecule has 0 radical (unpaired) electrons. The van der Waals surface area contributed by atoms with Gasteiger partial charge in [-0.05, 0) is 26.3 Å². The number of rotatable bonds is 5. The Kier molecular flexibility index (Phi) is 4.91. The Morgan fingerprint density at radius 3 is 3.04 bits per heavy atom. The van der Waals surface area contributed by atoms with Crippen molar-refractivity contribution in [3.8, 4) is 0 Å². The summed E-state index contributed by atoms with van der Waals surface area (Å²) in [4.78, 5) is 37.0. The Morgan fingerprint density at radius 1 is 1.54 bits per heavy atom. The van der Waals surface area contributed by atoms with Crippen molar-refractivity contribution in [2.75, 3.05) is 25.0 Å². The van der Waals surface area contributed by atoms with Crippen molar-refractivity contribution in [3.63, 3.8) is 0 Å². The minimum absolute atomic E-state index is 0.154. The van der Waals surface area contributed by atoms with Gasteiger partial charge in [0.2, 0.25) is 5.91 Å². The maximum absolute atomic E-state index is 12.2. The average molecular weight is 349 g/mol. The van der Waals surface area contributed by atoms with E-state index in [1.54, 1.807) is 13.1 Å². The number of anilines is 1. The van der Waals surface area contributed by atoms with Crippen LogP contribution in [0.15, 0.2) is 12.4 Å². The molecule has 9 heteroatoms. The molecule has 3 N–H and O–H groups in total. The number of aromatic nitrogens is 3. The van der Waals surface area contributed by atoms with Crippen molar-refractivity contribution in [1.29, 1.82) is 0 Å². The van der Waals surface area contributed by atoms with Crippen LogP contribution in [0, 0.1) is 6.92 Å². The van der Waals surface area contributed by atoms with Crippen LogP contribution in [0.1, 0.15) is 39.9 Å². The summed E-state index contributed by atoms with van der Waals surface area (Å²) in [5.74, 6) is 0.0626. The van der Waals surface area contributed by atoms with E-state index >= 15 is 0 Å². The van der Waals surface area contributed by atoms with Crippen LogP contribution < -0.4 is 5.32 Å². The molecule has 2 aromatic heterocycles. The Morgan fingerprint density at radius 2 is 2.38 bits per heavy atom. The third-order valence-electron chi connectivity index (χ3n) is 4.02. The number of hydrogen-bond acceptors (Lipinski definition) is 6. The van der Waals surface area contributed by atoms with Gasteiger partial charge in [-0.3, -0.25) is 9.69 Å². The second-order valence-corrected chi connectivity index (χ2v) is 6.83. The minimum atomic E-state index is -1.03. The third kappa shape index (κ3) is 3.80. The number of piperidine rings is 1. The summed E-state index contributed by atoms with van der Waals surface area (Å²) in [5.41, 5.74) is 0.415. The fourth-order valence-corrected chi connectivity index (χ4v) is 3.75. The maximum atomic E-state index is 12.2. The fraction of sp³-hybridized carbons (Fsp3) is 0.467. The van der Waals surface area contributed by atoms with Crippen molar-refractivity contribution in [2.45, 2.75) is 25.7 Å². The summed E-state index contributed by atoms with van der Waals surface area (Å²) in [7, 11) is 0. The highest BCUT2D eigenvalue weighted by Gasteiger charge is 2.24. The molecule has 128 valence electrons. The van der Waals surface area contributed by atoms with Crippen molar-refractivity contribution >= 4 is 28.3 Å². The molecule has 0 unspecified atom stereocenters. The van der Waals surface area contributed by atoms with E-state index in [0.717, 1.165) is 43.1 Å². The molecule has 0 aromatic carbocycles. The van der Waals surface area contributed by atoms with E-state index in [2.05, 4.69) is 25.2 Å². The van der Waals surface area contributed by atoms with Gasteiger partial charge in [-0.15, -0.1) is 0 Å². The fourth-order valence-electron chi connectivity index (χ4n) is 2.93. The first-order valence-corrected chi connectivity index (χ1v) is 8.57. The molecule has 0 aliphatic carbocycles. The van der Waals surface area contributed by atoms with Gasteiger partial charge in [-0.25, -0.2) is 14.8 Å². The predicted octanol–water partition coefficient (Wildman–Crippen LogP) is 1.69. The van der Waals surface area contributed by atoms with Crippen LogP contribution in [0.25, 0.3) is 0 Å².